The van der Waals surface area contributed by atoms with E-state index in [1.807, 2.05) is 102 Å². The molecule has 1 amide bonds. The highest BCUT2D eigenvalue weighted by atomic mass is 16.2. The lowest BCUT2D eigenvalue weighted by Gasteiger charge is -2.18. The number of anilines is 2. The Morgan fingerprint density at radius 1 is 0.794 bits per heavy atom. The van der Waals surface area contributed by atoms with Crippen molar-refractivity contribution in [2.24, 2.45) is 0 Å². The molecule has 1 aliphatic heterocycles. The molecule has 0 atom stereocenters. The standard InChI is InChI=1S/C30H23N3O/c31-24-15-7-5-13-22(24)28(26-18-21-12-4-8-16-25(21)32-26)29-23-14-6-9-17-27(23)33(30(29)34)19-20-10-2-1-3-11-20/h1-18,32H,19,31H2/b29-28-. The Balaban J connectivity index is 1.62. The third-order valence-corrected chi connectivity index (χ3v) is 6.39. The highest BCUT2D eigenvalue weighted by molar-refractivity contribution is 6.39. The van der Waals surface area contributed by atoms with Gasteiger partial charge in [-0.3, -0.25) is 4.79 Å². The number of hydrogen-bond donors (Lipinski definition) is 2. The van der Waals surface area contributed by atoms with Crippen LogP contribution in [0.2, 0.25) is 0 Å². The van der Waals surface area contributed by atoms with E-state index in [1.54, 1.807) is 0 Å². The van der Waals surface area contributed by atoms with Gasteiger partial charge in [0, 0.05) is 39.0 Å². The average Bonchev–Trinajstić information content (AvgIpc) is 3.41. The lowest BCUT2D eigenvalue weighted by atomic mass is 9.92. The average molecular weight is 442 g/mol. The minimum absolute atomic E-state index is 0.0260. The van der Waals surface area contributed by atoms with Gasteiger partial charge in [-0.15, -0.1) is 0 Å². The summed E-state index contributed by atoms with van der Waals surface area (Å²) in [5.74, 6) is -0.0260. The molecule has 6 rings (SSSR count). The number of carbonyl (C=O) groups is 1. The number of carbonyl (C=O) groups excluding carboxylic acids is 1. The summed E-state index contributed by atoms with van der Waals surface area (Å²) in [4.78, 5) is 19.5. The lowest BCUT2D eigenvalue weighted by Crippen LogP contribution is -2.26. The van der Waals surface area contributed by atoms with Crippen molar-refractivity contribution in [3.8, 4) is 0 Å². The van der Waals surface area contributed by atoms with E-state index in [2.05, 4.69) is 17.1 Å². The van der Waals surface area contributed by atoms with Crippen LogP contribution in [-0.4, -0.2) is 10.9 Å². The van der Waals surface area contributed by atoms with Gasteiger partial charge in [-0.2, -0.15) is 0 Å². The van der Waals surface area contributed by atoms with E-state index in [1.165, 1.54) is 0 Å². The summed E-state index contributed by atoms with van der Waals surface area (Å²) in [6, 6.07) is 36.0. The zero-order chi connectivity index (χ0) is 23.1. The molecule has 2 heterocycles. The lowest BCUT2D eigenvalue weighted by molar-refractivity contribution is -0.113. The van der Waals surface area contributed by atoms with Crippen LogP contribution in [0.3, 0.4) is 0 Å². The highest BCUT2D eigenvalue weighted by Gasteiger charge is 2.35. The highest BCUT2D eigenvalue weighted by Crippen LogP contribution is 2.44. The molecule has 4 nitrogen and oxygen atoms in total. The first kappa shape index (κ1) is 20.1. The molecule has 0 bridgehead atoms. The van der Waals surface area contributed by atoms with Gasteiger partial charge in [-0.25, -0.2) is 0 Å². The second kappa shape index (κ2) is 8.09. The van der Waals surface area contributed by atoms with Gasteiger partial charge in [0.2, 0.25) is 0 Å². The molecule has 1 aromatic heterocycles. The Morgan fingerprint density at radius 3 is 2.32 bits per heavy atom. The number of rotatable bonds is 4. The topological polar surface area (TPSA) is 62.1 Å². The summed E-state index contributed by atoms with van der Waals surface area (Å²) in [6.45, 7) is 0.504. The number of nitrogens with one attached hydrogen (secondary N) is 1. The Bertz CT molecular complexity index is 1530. The number of fused-ring (bicyclic) bond motifs is 2. The third-order valence-electron chi connectivity index (χ3n) is 6.39. The summed E-state index contributed by atoms with van der Waals surface area (Å²) >= 11 is 0. The summed E-state index contributed by atoms with van der Waals surface area (Å²) in [6.07, 6.45) is 0. The number of amides is 1. The molecule has 0 saturated carbocycles. The SMILES string of the molecule is Nc1ccccc1/C(=C1/C(=O)N(Cc2ccccc2)c2ccccc21)c1cc2ccccc2[nH]1. The predicted molar refractivity (Wildman–Crippen MR) is 139 cm³/mol. The van der Waals surface area contributed by atoms with Crippen LogP contribution in [0, 0.1) is 0 Å². The molecule has 0 radical (unpaired) electrons. The maximum absolute atomic E-state index is 14.1. The van der Waals surface area contributed by atoms with Crippen LogP contribution in [0.1, 0.15) is 22.4 Å². The molecule has 5 aromatic rings. The van der Waals surface area contributed by atoms with E-state index < -0.39 is 0 Å². The first-order valence-corrected chi connectivity index (χ1v) is 11.3. The number of hydrogen-bond acceptors (Lipinski definition) is 2. The zero-order valence-electron chi connectivity index (χ0n) is 18.5. The van der Waals surface area contributed by atoms with Gasteiger partial charge in [0.05, 0.1) is 17.8 Å². The first-order chi connectivity index (χ1) is 16.7. The van der Waals surface area contributed by atoms with Crippen molar-refractivity contribution in [2.75, 3.05) is 10.6 Å². The van der Waals surface area contributed by atoms with Gasteiger partial charge in [0.25, 0.3) is 5.91 Å². The molecule has 0 fully saturated rings. The number of nitrogen functional groups attached to an aromatic ring is 1. The number of aromatic nitrogens is 1. The van der Waals surface area contributed by atoms with Crippen molar-refractivity contribution in [2.45, 2.75) is 6.54 Å². The number of benzene rings is 4. The number of nitrogens with two attached hydrogens (primary N) is 1. The van der Waals surface area contributed by atoms with Crippen LogP contribution < -0.4 is 10.6 Å². The molecular weight excluding hydrogens is 418 g/mol. The molecule has 3 N–H and O–H groups in total. The first-order valence-electron chi connectivity index (χ1n) is 11.3. The van der Waals surface area contributed by atoms with Crippen LogP contribution in [0.4, 0.5) is 11.4 Å². The van der Waals surface area contributed by atoms with Gasteiger partial charge in [-0.05, 0) is 29.8 Å². The number of aromatic amines is 1. The second-order valence-corrected chi connectivity index (χ2v) is 8.50. The van der Waals surface area contributed by atoms with Crippen molar-refractivity contribution in [1.29, 1.82) is 0 Å². The molecule has 34 heavy (non-hydrogen) atoms. The Kier molecular flexibility index (Phi) is 4.77. The third kappa shape index (κ3) is 3.28. The summed E-state index contributed by atoms with van der Waals surface area (Å²) in [5, 5.41) is 1.09. The molecular formula is C30H23N3O. The predicted octanol–water partition coefficient (Wildman–Crippen LogP) is 6.26. The van der Waals surface area contributed by atoms with E-state index in [4.69, 9.17) is 5.73 Å². The van der Waals surface area contributed by atoms with Crippen molar-refractivity contribution < 1.29 is 4.79 Å². The Hall–Kier alpha value is -4.57. The fraction of sp³-hybridized carbons (Fsp3) is 0.0333. The van der Waals surface area contributed by atoms with E-state index in [0.717, 1.165) is 44.5 Å². The van der Waals surface area contributed by atoms with Gasteiger partial charge in [-0.1, -0.05) is 84.9 Å². The smallest absolute Gasteiger partial charge is 0.260 e. The van der Waals surface area contributed by atoms with Crippen LogP contribution in [-0.2, 0) is 11.3 Å². The minimum atomic E-state index is -0.0260. The fourth-order valence-corrected chi connectivity index (χ4v) is 4.79. The van der Waals surface area contributed by atoms with Gasteiger partial charge < -0.3 is 15.6 Å². The van der Waals surface area contributed by atoms with E-state index >= 15 is 0 Å². The molecule has 1 aliphatic rings. The molecule has 0 unspecified atom stereocenters. The summed E-state index contributed by atoms with van der Waals surface area (Å²) in [7, 11) is 0. The largest absolute Gasteiger partial charge is 0.398 e. The van der Waals surface area contributed by atoms with Crippen molar-refractivity contribution in [3.05, 3.63) is 132 Å². The second-order valence-electron chi connectivity index (χ2n) is 8.50. The molecule has 164 valence electrons. The number of H-pyrrole nitrogens is 1. The van der Waals surface area contributed by atoms with Crippen LogP contribution in [0.25, 0.3) is 22.0 Å². The monoisotopic (exact) mass is 441 g/mol. The van der Waals surface area contributed by atoms with Crippen LogP contribution in [0.5, 0.6) is 0 Å². The molecule has 4 heteroatoms. The fourth-order valence-electron chi connectivity index (χ4n) is 4.79. The van der Waals surface area contributed by atoms with Gasteiger partial charge in [0.1, 0.15) is 0 Å². The zero-order valence-corrected chi connectivity index (χ0v) is 18.5. The normalized spacial score (nSPS) is 14.5. The van der Waals surface area contributed by atoms with Gasteiger partial charge in [0.15, 0.2) is 0 Å². The maximum atomic E-state index is 14.1. The van der Waals surface area contributed by atoms with E-state index in [9.17, 15) is 4.79 Å². The molecule has 4 aromatic carbocycles. The van der Waals surface area contributed by atoms with Crippen LogP contribution in [0.15, 0.2) is 109 Å². The quantitative estimate of drug-likeness (QED) is 0.256. The van der Waals surface area contributed by atoms with Crippen molar-refractivity contribution in [1.82, 2.24) is 4.98 Å². The maximum Gasteiger partial charge on any atom is 0.260 e. The number of nitrogens with zero attached hydrogens (tertiary/aromatic N) is 1. The van der Waals surface area contributed by atoms with Crippen molar-refractivity contribution in [3.63, 3.8) is 0 Å². The molecule has 0 spiro atoms. The molecule has 0 saturated heterocycles. The Labute approximate surface area is 198 Å². The summed E-state index contributed by atoms with van der Waals surface area (Å²) < 4.78 is 0. The summed E-state index contributed by atoms with van der Waals surface area (Å²) in [5.41, 5.74) is 14.2. The molecule has 0 aliphatic carbocycles. The van der Waals surface area contributed by atoms with Gasteiger partial charge >= 0.3 is 0 Å². The number of para-hydroxylation sites is 3. The van der Waals surface area contributed by atoms with Crippen molar-refractivity contribution >= 4 is 39.3 Å². The Morgan fingerprint density at radius 2 is 1.50 bits per heavy atom. The minimum Gasteiger partial charge on any atom is -0.398 e. The van der Waals surface area contributed by atoms with E-state index in [-0.39, 0.29) is 5.91 Å². The van der Waals surface area contributed by atoms with Crippen LogP contribution >= 0.6 is 0 Å². The van der Waals surface area contributed by atoms with E-state index in [0.29, 0.717) is 17.8 Å².